The van der Waals surface area contributed by atoms with Crippen molar-refractivity contribution in [3.8, 4) is 0 Å². The zero-order valence-corrected chi connectivity index (χ0v) is 10.7. The van der Waals surface area contributed by atoms with Gasteiger partial charge in [-0.25, -0.2) is 4.39 Å². The Labute approximate surface area is 110 Å². The molecule has 1 fully saturated rings. The molecule has 19 heavy (non-hydrogen) atoms. The van der Waals surface area contributed by atoms with Gasteiger partial charge in [-0.05, 0) is 18.2 Å². The third kappa shape index (κ3) is 3.02. The lowest BCUT2D eigenvalue weighted by Crippen LogP contribution is -2.45. The van der Waals surface area contributed by atoms with Crippen molar-refractivity contribution in [2.75, 3.05) is 32.6 Å². The van der Waals surface area contributed by atoms with Gasteiger partial charge in [0.2, 0.25) is 0 Å². The molecule has 0 aromatic heterocycles. The number of halogens is 1. The molecule has 6 heteroatoms. The van der Waals surface area contributed by atoms with E-state index in [-0.39, 0.29) is 17.8 Å². The normalized spacial score (nSPS) is 22.4. The van der Waals surface area contributed by atoms with Crippen LogP contribution in [0.4, 0.5) is 10.1 Å². The molecular formula is C13H17FN2O3. The Bertz CT molecular complexity index is 473. The minimum atomic E-state index is -0.633. The van der Waals surface area contributed by atoms with Gasteiger partial charge in [0, 0.05) is 32.4 Å². The van der Waals surface area contributed by atoms with Crippen molar-refractivity contribution in [2.45, 2.75) is 12.0 Å². The van der Waals surface area contributed by atoms with E-state index < -0.39 is 17.3 Å². The van der Waals surface area contributed by atoms with Gasteiger partial charge in [-0.15, -0.1) is 0 Å². The van der Waals surface area contributed by atoms with E-state index in [1.807, 2.05) is 0 Å². The van der Waals surface area contributed by atoms with E-state index in [9.17, 15) is 9.18 Å². The van der Waals surface area contributed by atoms with Crippen molar-refractivity contribution in [1.82, 2.24) is 5.32 Å². The zero-order valence-electron chi connectivity index (χ0n) is 10.7. The highest BCUT2D eigenvalue weighted by Gasteiger charge is 2.35. The zero-order chi connectivity index (χ0) is 13.9. The van der Waals surface area contributed by atoms with Crippen molar-refractivity contribution in [2.24, 2.45) is 0 Å². The lowest BCUT2D eigenvalue weighted by molar-refractivity contribution is -0.0149. The number of hydrogen-bond acceptors (Lipinski definition) is 4. The van der Waals surface area contributed by atoms with E-state index >= 15 is 0 Å². The predicted molar refractivity (Wildman–Crippen MR) is 68.3 cm³/mol. The highest BCUT2D eigenvalue weighted by Crippen LogP contribution is 2.21. The molecule has 1 saturated heterocycles. The topological polar surface area (TPSA) is 73.6 Å². The summed E-state index contributed by atoms with van der Waals surface area (Å²) in [7, 11) is 1.57. The predicted octanol–water partition coefficient (Wildman–Crippen LogP) is 0.943. The number of ether oxygens (including phenoxy) is 2. The quantitative estimate of drug-likeness (QED) is 0.797. The van der Waals surface area contributed by atoms with Gasteiger partial charge in [-0.2, -0.15) is 0 Å². The summed E-state index contributed by atoms with van der Waals surface area (Å²) in [5.74, 6) is -1.12. The fourth-order valence-corrected chi connectivity index (χ4v) is 2.01. The average Bonchev–Trinajstić information content (AvgIpc) is 2.85. The molecule has 104 valence electrons. The first-order valence-corrected chi connectivity index (χ1v) is 6.02. The number of nitrogens with two attached hydrogens (primary N) is 1. The van der Waals surface area contributed by atoms with Gasteiger partial charge >= 0.3 is 0 Å². The summed E-state index contributed by atoms with van der Waals surface area (Å²) < 4.78 is 24.2. The van der Waals surface area contributed by atoms with Gasteiger partial charge in [-0.3, -0.25) is 4.79 Å². The Morgan fingerprint density at radius 3 is 3.00 bits per heavy atom. The maximum Gasteiger partial charge on any atom is 0.254 e. The van der Waals surface area contributed by atoms with Crippen LogP contribution in [-0.2, 0) is 9.47 Å². The smallest absolute Gasteiger partial charge is 0.254 e. The second kappa shape index (κ2) is 5.54. The van der Waals surface area contributed by atoms with E-state index in [0.29, 0.717) is 19.6 Å². The third-order valence-corrected chi connectivity index (χ3v) is 3.31. The maximum atomic E-state index is 13.6. The van der Waals surface area contributed by atoms with Crippen LogP contribution in [0.1, 0.15) is 16.8 Å². The van der Waals surface area contributed by atoms with Crippen LogP contribution in [0.25, 0.3) is 0 Å². The molecule has 5 nitrogen and oxygen atoms in total. The highest BCUT2D eigenvalue weighted by atomic mass is 19.1. The molecule has 3 N–H and O–H groups in total. The lowest BCUT2D eigenvalue weighted by atomic mass is 10.0. The summed E-state index contributed by atoms with van der Waals surface area (Å²) in [6.45, 7) is 1.31. The number of amides is 1. The van der Waals surface area contributed by atoms with Gasteiger partial charge in [0.25, 0.3) is 5.91 Å². The molecule has 0 spiro atoms. The van der Waals surface area contributed by atoms with Crippen molar-refractivity contribution >= 4 is 11.6 Å². The Hall–Kier alpha value is -1.66. The van der Waals surface area contributed by atoms with E-state index in [4.69, 9.17) is 15.2 Å². The monoisotopic (exact) mass is 268 g/mol. The second-order valence-electron chi connectivity index (χ2n) is 4.61. The van der Waals surface area contributed by atoms with E-state index in [0.717, 1.165) is 6.07 Å². The van der Waals surface area contributed by atoms with Crippen molar-refractivity contribution in [1.29, 1.82) is 0 Å². The van der Waals surface area contributed by atoms with Crippen LogP contribution in [0.15, 0.2) is 18.2 Å². The maximum absolute atomic E-state index is 13.6. The van der Waals surface area contributed by atoms with Crippen LogP contribution in [0, 0.1) is 5.82 Å². The molecule has 1 aliphatic rings. The number of carbonyl (C=O) groups is 1. The molecule has 0 aliphatic carbocycles. The molecule has 0 bridgehead atoms. The first kappa shape index (κ1) is 13.8. The molecular weight excluding hydrogens is 251 g/mol. The minimum Gasteiger partial charge on any atom is -0.399 e. The van der Waals surface area contributed by atoms with Crippen LogP contribution < -0.4 is 11.1 Å². The molecule has 1 atom stereocenters. The van der Waals surface area contributed by atoms with E-state index in [1.165, 1.54) is 12.1 Å². The molecule has 0 saturated carbocycles. The number of benzene rings is 1. The Balaban J connectivity index is 2.01. The number of methoxy groups -OCH3 is 1. The van der Waals surface area contributed by atoms with Crippen LogP contribution in [0.2, 0.25) is 0 Å². The van der Waals surface area contributed by atoms with Crippen molar-refractivity contribution < 1.29 is 18.7 Å². The minimum absolute atomic E-state index is 0.0284. The van der Waals surface area contributed by atoms with Crippen LogP contribution in [0.5, 0.6) is 0 Å². The molecule has 1 aromatic carbocycles. The average molecular weight is 268 g/mol. The Kier molecular flexibility index (Phi) is 4.01. The fourth-order valence-electron chi connectivity index (χ4n) is 2.01. The number of nitrogens with one attached hydrogen (secondary N) is 1. The fraction of sp³-hybridized carbons (Fsp3) is 0.462. The van der Waals surface area contributed by atoms with E-state index in [2.05, 4.69) is 5.32 Å². The number of rotatable bonds is 4. The van der Waals surface area contributed by atoms with Gasteiger partial charge in [-0.1, -0.05) is 0 Å². The third-order valence-electron chi connectivity index (χ3n) is 3.31. The molecule has 1 amide bonds. The Morgan fingerprint density at radius 1 is 1.63 bits per heavy atom. The summed E-state index contributed by atoms with van der Waals surface area (Å²) in [6, 6.07) is 3.98. The highest BCUT2D eigenvalue weighted by molar-refractivity contribution is 5.94. The largest absolute Gasteiger partial charge is 0.399 e. The molecule has 1 aliphatic heterocycles. The van der Waals surface area contributed by atoms with Gasteiger partial charge in [0.15, 0.2) is 0 Å². The molecule has 1 aromatic rings. The summed E-state index contributed by atoms with van der Waals surface area (Å²) in [6.07, 6.45) is 0.702. The summed E-state index contributed by atoms with van der Waals surface area (Å²) in [5, 5.41) is 2.67. The molecule has 1 heterocycles. The SMILES string of the molecule is COC1(CNC(=O)c2ccc(N)cc2F)CCOC1. The Morgan fingerprint density at radius 2 is 2.42 bits per heavy atom. The number of carbonyl (C=O) groups excluding carboxylic acids is 1. The van der Waals surface area contributed by atoms with E-state index in [1.54, 1.807) is 7.11 Å². The first-order chi connectivity index (χ1) is 9.06. The van der Waals surface area contributed by atoms with Crippen molar-refractivity contribution in [3.05, 3.63) is 29.6 Å². The lowest BCUT2D eigenvalue weighted by Gasteiger charge is -2.25. The summed E-state index contributed by atoms with van der Waals surface area (Å²) in [4.78, 5) is 11.9. The first-order valence-electron chi connectivity index (χ1n) is 6.02. The van der Waals surface area contributed by atoms with Gasteiger partial charge in [0.1, 0.15) is 11.4 Å². The van der Waals surface area contributed by atoms with Gasteiger partial charge in [0.05, 0.1) is 12.2 Å². The van der Waals surface area contributed by atoms with Crippen molar-refractivity contribution in [3.63, 3.8) is 0 Å². The van der Waals surface area contributed by atoms with Crippen LogP contribution in [0.3, 0.4) is 0 Å². The second-order valence-corrected chi connectivity index (χ2v) is 4.61. The molecule has 1 unspecified atom stereocenters. The van der Waals surface area contributed by atoms with Crippen LogP contribution >= 0.6 is 0 Å². The summed E-state index contributed by atoms with van der Waals surface area (Å²) in [5.41, 5.74) is 5.18. The van der Waals surface area contributed by atoms with Gasteiger partial charge < -0.3 is 20.5 Å². The molecule has 0 radical (unpaired) electrons. The summed E-state index contributed by atoms with van der Waals surface area (Å²) >= 11 is 0. The molecule has 2 rings (SSSR count). The number of anilines is 1. The standard InChI is InChI=1S/C13H17FN2O3/c1-18-13(4-5-19-8-13)7-16-12(17)10-3-2-9(15)6-11(10)14/h2-3,6H,4-5,7-8,15H2,1H3,(H,16,17). The number of hydrogen-bond donors (Lipinski definition) is 2. The number of nitrogen functional groups attached to an aromatic ring is 1. The van der Waals surface area contributed by atoms with Crippen LogP contribution in [-0.4, -0.2) is 38.4 Å².